The van der Waals surface area contributed by atoms with Crippen LogP contribution in [0.15, 0.2) is 55.1 Å². The van der Waals surface area contributed by atoms with Gasteiger partial charge in [-0.25, -0.2) is 4.98 Å². The van der Waals surface area contributed by atoms with Crippen LogP contribution in [0.2, 0.25) is 0 Å². The maximum Gasteiger partial charge on any atom is 0.0988 e. The Bertz CT molecular complexity index is 427. The van der Waals surface area contributed by atoms with Crippen molar-refractivity contribution in [3.05, 3.63) is 60.7 Å². The van der Waals surface area contributed by atoms with Crippen LogP contribution in [0.1, 0.15) is 12.5 Å². The zero-order valence-corrected chi connectivity index (χ0v) is 8.80. The molecule has 15 heavy (non-hydrogen) atoms. The molecule has 0 spiro atoms. The van der Waals surface area contributed by atoms with Gasteiger partial charge in [0.05, 0.1) is 6.33 Å². The van der Waals surface area contributed by atoms with Gasteiger partial charge in [0.1, 0.15) is 0 Å². The number of allylic oxidation sites excluding steroid dienone is 2. The van der Waals surface area contributed by atoms with Crippen LogP contribution in [0.3, 0.4) is 0 Å². The quantitative estimate of drug-likeness (QED) is 0.741. The van der Waals surface area contributed by atoms with E-state index in [0.29, 0.717) is 0 Å². The molecule has 0 aliphatic rings. The van der Waals surface area contributed by atoms with E-state index in [2.05, 4.69) is 42.2 Å². The highest BCUT2D eigenvalue weighted by Crippen LogP contribution is 2.06. The average Bonchev–Trinajstić information content (AvgIpc) is 2.81. The normalized spacial score (nSPS) is 11.7. The molecular formula is C13H14N2. The second-order valence-electron chi connectivity index (χ2n) is 3.51. The Morgan fingerprint density at radius 1 is 1.33 bits per heavy atom. The summed E-state index contributed by atoms with van der Waals surface area (Å²) in [7, 11) is 0. The molecular weight excluding hydrogens is 184 g/mol. The first-order chi connectivity index (χ1) is 7.36. The molecule has 0 saturated heterocycles. The summed E-state index contributed by atoms with van der Waals surface area (Å²) in [5.74, 6) is 0. The minimum Gasteiger partial charge on any atom is -0.311 e. The van der Waals surface area contributed by atoms with Crippen molar-refractivity contribution < 1.29 is 0 Å². The number of nitrogens with zero attached hydrogens (tertiary/aromatic N) is 2. The van der Waals surface area contributed by atoms with Crippen molar-refractivity contribution in [3.8, 4) is 0 Å². The predicted molar refractivity (Wildman–Crippen MR) is 62.3 cm³/mol. The van der Waals surface area contributed by atoms with E-state index in [1.54, 1.807) is 6.20 Å². The van der Waals surface area contributed by atoms with Gasteiger partial charge in [-0.2, -0.15) is 0 Å². The first-order valence-corrected chi connectivity index (χ1v) is 5.05. The van der Waals surface area contributed by atoms with Crippen molar-refractivity contribution in [2.45, 2.75) is 13.3 Å². The first-order valence-electron chi connectivity index (χ1n) is 5.05. The Morgan fingerprint density at radius 3 is 2.80 bits per heavy atom. The number of imidazole rings is 1. The van der Waals surface area contributed by atoms with E-state index in [1.165, 1.54) is 11.3 Å². The van der Waals surface area contributed by atoms with Gasteiger partial charge in [-0.1, -0.05) is 36.4 Å². The zero-order valence-electron chi connectivity index (χ0n) is 8.80. The van der Waals surface area contributed by atoms with E-state index >= 15 is 0 Å². The summed E-state index contributed by atoms with van der Waals surface area (Å²) in [5, 5.41) is 0. The number of hydrogen-bond acceptors (Lipinski definition) is 1. The second kappa shape index (κ2) is 4.60. The molecule has 0 aliphatic heterocycles. The third-order valence-corrected chi connectivity index (χ3v) is 2.39. The molecule has 2 aromatic rings. The van der Waals surface area contributed by atoms with Gasteiger partial charge in [-0.05, 0) is 18.9 Å². The van der Waals surface area contributed by atoms with Gasteiger partial charge in [-0.3, -0.25) is 0 Å². The Kier molecular flexibility index (Phi) is 2.98. The predicted octanol–water partition coefficient (Wildman–Crippen LogP) is 2.99. The molecule has 1 heterocycles. The van der Waals surface area contributed by atoms with Crippen LogP contribution in [-0.2, 0) is 6.42 Å². The number of aromatic nitrogens is 2. The Morgan fingerprint density at radius 2 is 2.13 bits per heavy atom. The van der Waals surface area contributed by atoms with Crippen LogP contribution in [0, 0.1) is 0 Å². The summed E-state index contributed by atoms with van der Waals surface area (Å²) >= 11 is 0. The summed E-state index contributed by atoms with van der Waals surface area (Å²) in [6.07, 6.45) is 8.73. The van der Waals surface area contributed by atoms with E-state index in [0.717, 1.165) is 6.42 Å². The lowest BCUT2D eigenvalue weighted by atomic mass is 10.1. The van der Waals surface area contributed by atoms with Crippen LogP contribution in [-0.4, -0.2) is 9.55 Å². The van der Waals surface area contributed by atoms with E-state index in [9.17, 15) is 0 Å². The molecule has 1 aromatic carbocycles. The summed E-state index contributed by atoms with van der Waals surface area (Å²) < 4.78 is 2.02. The molecule has 0 fully saturated rings. The van der Waals surface area contributed by atoms with E-state index < -0.39 is 0 Å². The summed E-state index contributed by atoms with van der Waals surface area (Å²) in [5.41, 5.74) is 2.54. The molecule has 2 rings (SSSR count). The average molecular weight is 198 g/mol. The maximum atomic E-state index is 4.02. The zero-order chi connectivity index (χ0) is 10.5. The molecule has 76 valence electrons. The highest BCUT2D eigenvalue weighted by Gasteiger charge is 1.92. The minimum absolute atomic E-state index is 0.963. The van der Waals surface area contributed by atoms with Crippen LogP contribution in [0.4, 0.5) is 0 Å². The highest BCUT2D eigenvalue weighted by atomic mass is 15.0. The molecule has 1 aromatic heterocycles. The van der Waals surface area contributed by atoms with E-state index in [4.69, 9.17) is 0 Å². The van der Waals surface area contributed by atoms with Gasteiger partial charge in [0.25, 0.3) is 0 Å². The van der Waals surface area contributed by atoms with Gasteiger partial charge < -0.3 is 4.57 Å². The Balaban J connectivity index is 2.06. The fraction of sp³-hybridized carbons (Fsp3) is 0.154. The van der Waals surface area contributed by atoms with Crippen LogP contribution >= 0.6 is 0 Å². The van der Waals surface area contributed by atoms with Gasteiger partial charge in [-0.15, -0.1) is 0 Å². The van der Waals surface area contributed by atoms with Crippen molar-refractivity contribution in [1.82, 2.24) is 9.55 Å². The summed E-state index contributed by atoms with van der Waals surface area (Å²) in [6.45, 7) is 2.09. The smallest absolute Gasteiger partial charge is 0.0988 e. The molecule has 0 radical (unpaired) electrons. The lowest BCUT2D eigenvalue weighted by Crippen LogP contribution is -1.90. The van der Waals surface area contributed by atoms with Gasteiger partial charge in [0, 0.05) is 18.1 Å². The van der Waals surface area contributed by atoms with E-state index in [-0.39, 0.29) is 0 Å². The molecule has 0 bridgehead atoms. The molecule has 0 unspecified atom stereocenters. The van der Waals surface area contributed by atoms with Crippen molar-refractivity contribution in [2.75, 3.05) is 0 Å². The maximum absolute atomic E-state index is 4.02. The van der Waals surface area contributed by atoms with Gasteiger partial charge in [0.2, 0.25) is 0 Å². The second-order valence-corrected chi connectivity index (χ2v) is 3.51. The molecule has 0 N–H and O–H groups in total. The SMILES string of the molecule is CC(=CCc1ccccc1)n1ccnc1. The highest BCUT2D eigenvalue weighted by molar-refractivity contribution is 5.42. The fourth-order valence-electron chi connectivity index (χ4n) is 1.45. The molecule has 2 heteroatoms. The molecule has 0 atom stereocenters. The van der Waals surface area contributed by atoms with Crippen molar-refractivity contribution in [2.24, 2.45) is 0 Å². The Labute approximate surface area is 89.9 Å². The van der Waals surface area contributed by atoms with Crippen LogP contribution in [0.25, 0.3) is 5.70 Å². The summed E-state index contributed by atoms with van der Waals surface area (Å²) in [6, 6.07) is 10.4. The monoisotopic (exact) mass is 198 g/mol. The largest absolute Gasteiger partial charge is 0.311 e. The van der Waals surface area contributed by atoms with Gasteiger partial charge >= 0.3 is 0 Å². The lowest BCUT2D eigenvalue weighted by Gasteiger charge is -2.01. The summed E-state index contributed by atoms with van der Waals surface area (Å²) in [4.78, 5) is 4.02. The first kappa shape index (κ1) is 9.71. The molecule has 2 nitrogen and oxygen atoms in total. The number of rotatable bonds is 3. The topological polar surface area (TPSA) is 17.8 Å². The Hall–Kier alpha value is -1.83. The van der Waals surface area contributed by atoms with Crippen LogP contribution < -0.4 is 0 Å². The number of hydrogen-bond donors (Lipinski definition) is 0. The van der Waals surface area contributed by atoms with Gasteiger partial charge in [0.15, 0.2) is 0 Å². The number of benzene rings is 1. The third-order valence-electron chi connectivity index (χ3n) is 2.39. The molecule has 0 saturated carbocycles. The molecule has 0 aliphatic carbocycles. The lowest BCUT2D eigenvalue weighted by molar-refractivity contribution is 1.06. The minimum atomic E-state index is 0.963. The van der Waals surface area contributed by atoms with Crippen molar-refractivity contribution in [3.63, 3.8) is 0 Å². The fourth-order valence-corrected chi connectivity index (χ4v) is 1.45. The van der Waals surface area contributed by atoms with Crippen LogP contribution in [0.5, 0.6) is 0 Å². The van der Waals surface area contributed by atoms with E-state index in [1.807, 2.05) is 23.2 Å². The van der Waals surface area contributed by atoms with Crippen molar-refractivity contribution >= 4 is 5.70 Å². The third kappa shape index (κ3) is 2.56. The van der Waals surface area contributed by atoms with Crippen molar-refractivity contribution in [1.29, 1.82) is 0 Å². The molecule has 0 amide bonds. The standard InChI is InChI=1S/C13H14N2/c1-12(15-10-9-14-11-15)7-8-13-5-3-2-4-6-13/h2-7,9-11H,8H2,1H3.